The Morgan fingerprint density at radius 3 is 0.778 bits per heavy atom. The first kappa shape index (κ1) is 61.4. The molecule has 0 rings (SSSR count). The SMILES string of the molecule is CCCCCCCCCCCCCCCCCCCCCC(=O)O[C@H](COC(=O)CCCCCCCCCCCCC)COC(=O)CCCCCCCCCCCCCCC(C)C. The minimum atomic E-state index is -0.761. The Kier molecular flexibility index (Phi) is 50.1. The van der Waals surface area contributed by atoms with Crippen LogP contribution in [0, 0.1) is 5.92 Å². The lowest BCUT2D eigenvalue weighted by Gasteiger charge is -2.18. The van der Waals surface area contributed by atoms with Gasteiger partial charge in [-0.3, -0.25) is 14.4 Å². The van der Waals surface area contributed by atoms with Gasteiger partial charge in [-0.1, -0.05) is 285 Å². The van der Waals surface area contributed by atoms with E-state index in [0.29, 0.717) is 19.3 Å². The first-order valence-electron chi connectivity index (χ1n) is 28.4. The van der Waals surface area contributed by atoms with Gasteiger partial charge in [0.1, 0.15) is 13.2 Å². The molecule has 0 saturated heterocycles. The van der Waals surface area contributed by atoms with Crippen molar-refractivity contribution in [2.24, 2.45) is 5.92 Å². The predicted octanol–water partition coefficient (Wildman–Crippen LogP) is 18.6. The second-order valence-electron chi connectivity index (χ2n) is 20.1. The third-order valence-electron chi connectivity index (χ3n) is 13.0. The van der Waals surface area contributed by atoms with Crippen molar-refractivity contribution >= 4 is 17.9 Å². The first-order valence-corrected chi connectivity index (χ1v) is 28.4. The van der Waals surface area contributed by atoms with E-state index < -0.39 is 6.10 Å². The fraction of sp³-hybridized carbons (Fsp3) is 0.947. The number of ether oxygens (including phenoxy) is 3. The molecular formula is C57H110O6. The average Bonchev–Trinajstić information content (AvgIpc) is 3.27. The molecule has 0 unspecified atom stereocenters. The van der Waals surface area contributed by atoms with Crippen molar-refractivity contribution < 1.29 is 28.6 Å². The standard InChI is InChI=1S/C57H110O6/c1-5-7-9-11-13-15-17-18-19-20-21-22-23-24-30-34-38-42-46-50-57(60)63-54(51-61-55(58)48-44-40-36-32-27-16-14-12-10-8-6-2)52-62-56(59)49-45-41-37-33-29-26-25-28-31-35-39-43-47-53(3)4/h53-54H,5-52H2,1-4H3/t54-/m1/s1. The third kappa shape index (κ3) is 51.3. The lowest BCUT2D eigenvalue weighted by atomic mass is 10.0. The molecule has 0 radical (unpaired) electrons. The van der Waals surface area contributed by atoms with Gasteiger partial charge in [-0.05, 0) is 25.2 Å². The Morgan fingerprint density at radius 2 is 0.524 bits per heavy atom. The molecule has 6 nitrogen and oxygen atoms in total. The van der Waals surface area contributed by atoms with Crippen LogP contribution < -0.4 is 0 Å². The van der Waals surface area contributed by atoms with E-state index in [-0.39, 0.29) is 31.1 Å². The van der Waals surface area contributed by atoms with E-state index in [1.54, 1.807) is 0 Å². The van der Waals surface area contributed by atoms with Crippen molar-refractivity contribution in [3.63, 3.8) is 0 Å². The fourth-order valence-electron chi connectivity index (χ4n) is 8.75. The van der Waals surface area contributed by atoms with Gasteiger partial charge in [0.25, 0.3) is 0 Å². The lowest BCUT2D eigenvalue weighted by Crippen LogP contribution is -2.30. The van der Waals surface area contributed by atoms with Gasteiger partial charge in [0, 0.05) is 19.3 Å². The number of carbonyl (C=O) groups is 3. The molecule has 0 bridgehead atoms. The zero-order chi connectivity index (χ0) is 45.9. The largest absolute Gasteiger partial charge is 0.462 e. The van der Waals surface area contributed by atoms with Crippen molar-refractivity contribution in [3.8, 4) is 0 Å². The highest BCUT2D eigenvalue weighted by Crippen LogP contribution is 2.18. The van der Waals surface area contributed by atoms with Crippen LogP contribution in [0.2, 0.25) is 0 Å². The molecule has 0 aromatic heterocycles. The molecule has 1 atom stereocenters. The summed E-state index contributed by atoms with van der Waals surface area (Å²) in [6.07, 6.45) is 55.2. The van der Waals surface area contributed by atoms with Crippen LogP contribution >= 0.6 is 0 Å². The van der Waals surface area contributed by atoms with Gasteiger partial charge in [-0.2, -0.15) is 0 Å². The molecule has 374 valence electrons. The number of esters is 3. The van der Waals surface area contributed by atoms with Gasteiger partial charge >= 0.3 is 17.9 Å². The summed E-state index contributed by atoms with van der Waals surface area (Å²) in [7, 11) is 0. The second-order valence-corrected chi connectivity index (χ2v) is 20.1. The summed E-state index contributed by atoms with van der Waals surface area (Å²) in [5.41, 5.74) is 0. The lowest BCUT2D eigenvalue weighted by molar-refractivity contribution is -0.167. The molecule has 0 saturated carbocycles. The van der Waals surface area contributed by atoms with Gasteiger partial charge in [-0.15, -0.1) is 0 Å². The van der Waals surface area contributed by atoms with Crippen LogP contribution in [0.3, 0.4) is 0 Å². The van der Waals surface area contributed by atoms with Gasteiger partial charge < -0.3 is 14.2 Å². The summed E-state index contributed by atoms with van der Waals surface area (Å²) in [5.74, 6) is -0.00472. The molecule has 0 fully saturated rings. The van der Waals surface area contributed by atoms with E-state index in [1.807, 2.05) is 0 Å². The Bertz CT molecular complexity index is 949. The normalized spacial score (nSPS) is 12.0. The van der Waals surface area contributed by atoms with Crippen molar-refractivity contribution in [1.82, 2.24) is 0 Å². The van der Waals surface area contributed by atoms with E-state index in [1.165, 1.54) is 218 Å². The van der Waals surface area contributed by atoms with Gasteiger partial charge in [0.05, 0.1) is 0 Å². The van der Waals surface area contributed by atoms with E-state index in [0.717, 1.165) is 63.7 Å². The molecule has 0 aliphatic rings. The van der Waals surface area contributed by atoms with Crippen LogP contribution in [-0.4, -0.2) is 37.2 Å². The molecule has 6 heteroatoms. The summed E-state index contributed by atoms with van der Waals surface area (Å²) in [5, 5.41) is 0. The van der Waals surface area contributed by atoms with Crippen LogP contribution in [0.1, 0.15) is 323 Å². The molecule has 0 aromatic carbocycles. The molecule has 0 aromatic rings. The smallest absolute Gasteiger partial charge is 0.306 e. The van der Waals surface area contributed by atoms with Crippen molar-refractivity contribution in [1.29, 1.82) is 0 Å². The average molecular weight is 892 g/mol. The van der Waals surface area contributed by atoms with E-state index >= 15 is 0 Å². The maximum absolute atomic E-state index is 12.8. The maximum Gasteiger partial charge on any atom is 0.306 e. The van der Waals surface area contributed by atoms with Crippen LogP contribution in [0.25, 0.3) is 0 Å². The van der Waals surface area contributed by atoms with Crippen molar-refractivity contribution in [3.05, 3.63) is 0 Å². The zero-order valence-corrected chi connectivity index (χ0v) is 43.0. The van der Waals surface area contributed by atoms with Gasteiger partial charge in [-0.25, -0.2) is 0 Å². The van der Waals surface area contributed by atoms with E-state index in [4.69, 9.17) is 14.2 Å². The minimum Gasteiger partial charge on any atom is -0.462 e. The zero-order valence-electron chi connectivity index (χ0n) is 43.0. The molecule has 0 heterocycles. The maximum atomic E-state index is 12.8. The number of rotatable bonds is 52. The molecule has 0 aliphatic heterocycles. The minimum absolute atomic E-state index is 0.0623. The van der Waals surface area contributed by atoms with Crippen LogP contribution in [-0.2, 0) is 28.6 Å². The topological polar surface area (TPSA) is 78.9 Å². The molecule has 0 spiro atoms. The number of unbranched alkanes of at least 4 members (excludes halogenated alkanes) is 39. The predicted molar refractivity (Wildman–Crippen MR) is 270 cm³/mol. The Morgan fingerprint density at radius 1 is 0.302 bits per heavy atom. The number of hydrogen-bond donors (Lipinski definition) is 0. The Hall–Kier alpha value is -1.59. The van der Waals surface area contributed by atoms with Crippen LogP contribution in [0.4, 0.5) is 0 Å². The molecule has 0 N–H and O–H groups in total. The fourth-order valence-corrected chi connectivity index (χ4v) is 8.75. The molecule has 0 amide bonds. The molecular weight excluding hydrogens is 781 g/mol. The summed E-state index contributed by atoms with van der Waals surface area (Å²) in [6, 6.07) is 0. The Labute approximate surface area is 393 Å². The summed E-state index contributed by atoms with van der Waals surface area (Å²) in [6.45, 7) is 9.05. The number of hydrogen-bond acceptors (Lipinski definition) is 6. The highest BCUT2D eigenvalue weighted by atomic mass is 16.6. The van der Waals surface area contributed by atoms with E-state index in [9.17, 15) is 14.4 Å². The first-order chi connectivity index (χ1) is 30.9. The summed E-state index contributed by atoms with van der Waals surface area (Å²) in [4.78, 5) is 38.0. The second kappa shape index (κ2) is 51.4. The van der Waals surface area contributed by atoms with Crippen LogP contribution in [0.5, 0.6) is 0 Å². The number of carbonyl (C=O) groups excluding carboxylic acids is 3. The highest BCUT2D eigenvalue weighted by Gasteiger charge is 2.19. The molecule has 63 heavy (non-hydrogen) atoms. The Balaban J connectivity index is 4.26. The highest BCUT2D eigenvalue weighted by molar-refractivity contribution is 5.71. The van der Waals surface area contributed by atoms with Gasteiger partial charge in [0.15, 0.2) is 6.10 Å². The quantitative estimate of drug-likeness (QED) is 0.0344. The monoisotopic (exact) mass is 891 g/mol. The summed E-state index contributed by atoms with van der Waals surface area (Å²) >= 11 is 0. The van der Waals surface area contributed by atoms with Gasteiger partial charge in [0.2, 0.25) is 0 Å². The summed E-state index contributed by atoms with van der Waals surface area (Å²) < 4.78 is 16.9. The third-order valence-corrected chi connectivity index (χ3v) is 13.0. The van der Waals surface area contributed by atoms with Crippen molar-refractivity contribution in [2.45, 2.75) is 329 Å². The van der Waals surface area contributed by atoms with Crippen molar-refractivity contribution in [2.75, 3.05) is 13.2 Å². The molecule has 0 aliphatic carbocycles. The van der Waals surface area contributed by atoms with E-state index in [2.05, 4.69) is 27.7 Å². The van der Waals surface area contributed by atoms with Crippen LogP contribution in [0.15, 0.2) is 0 Å².